The molecule has 8 heteroatoms. The van der Waals surface area contributed by atoms with Crippen molar-refractivity contribution < 1.29 is 18.1 Å². The van der Waals surface area contributed by atoms with E-state index in [2.05, 4.69) is 5.32 Å². The molecule has 3 N–H and O–H groups in total. The first-order valence-corrected chi connectivity index (χ1v) is 6.95. The van der Waals surface area contributed by atoms with Crippen LogP contribution in [0.15, 0.2) is 23.1 Å². The molecule has 17 heavy (non-hydrogen) atoms. The standard InChI is InChI=1S/C9H11Cl2NO4S/c10-4-7(13)5-12-6-1-2-8(11)9(3-6)17(14,15)16/h1-3,7,12-13H,4-5H2,(H,14,15,16). The molecule has 1 rings (SSSR count). The zero-order valence-corrected chi connectivity index (χ0v) is 10.9. The summed E-state index contributed by atoms with van der Waals surface area (Å²) < 4.78 is 30.9. The highest BCUT2D eigenvalue weighted by Gasteiger charge is 2.15. The number of hydrogen-bond donors (Lipinski definition) is 3. The van der Waals surface area contributed by atoms with Gasteiger partial charge in [-0.05, 0) is 18.2 Å². The smallest absolute Gasteiger partial charge is 0.296 e. The van der Waals surface area contributed by atoms with Crippen LogP contribution >= 0.6 is 23.2 Å². The summed E-state index contributed by atoms with van der Waals surface area (Å²) in [7, 11) is -4.36. The van der Waals surface area contributed by atoms with Crippen LogP contribution in [-0.2, 0) is 10.1 Å². The molecular formula is C9H11Cl2NO4S. The first-order valence-electron chi connectivity index (χ1n) is 4.59. The molecule has 0 radical (unpaired) electrons. The SMILES string of the molecule is O=S(=O)(O)c1cc(NCC(O)CCl)ccc1Cl. The van der Waals surface area contributed by atoms with Crippen molar-refractivity contribution in [3.63, 3.8) is 0 Å². The summed E-state index contributed by atoms with van der Waals surface area (Å²) in [5.41, 5.74) is 0.409. The van der Waals surface area contributed by atoms with Crippen molar-refractivity contribution in [2.45, 2.75) is 11.0 Å². The second-order valence-corrected chi connectivity index (χ2v) is 5.42. The van der Waals surface area contributed by atoms with Crippen molar-refractivity contribution in [3.8, 4) is 0 Å². The Kier molecular flexibility index (Phi) is 5.03. The maximum Gasteiger partial charge on any atom is 0.296 e. The molecule has 0 aliphatic heterocycles. The van der Waals surface area contributed by atoms with Crippen LogP contribution in [0.5, 0.6) is 0 Å². The van der Waals surface area contributed by atoms with Crippen molar-refractivity contribution in [3.05, 3.63) is 23.2 Å². The first kappa shape index (κ1) is 14.5. The third kappa shape index (κ3) is 4.33. The van der Waals surface area contributed by atoms with E-state index in [9.17, 15) is 13.5 Å². The van der Waals surface area contributed by atoms with Gasteiger partial charge in [0.05, 0.1) is 17.0 Å². The molecule has 0 spiro atoms. The predicted molar refractivity (Wildman–Crippen MR) is 66.5 cm³/mol. The number of aliphatic hydroxyl groups excluding tert-OH is 1. The number of hydrogen-bond acceptors (Lipinski definition) is 4. The lowest BCUT2D eigenvalue weighted by Gasteiger charge is -2.11. The van der Waals surface area contributed by atoms with E-state index in [0.29, 0.717) is 5.69 Å². The molecule has 5 nitrogen and oxygen atoms in total. The fourth-order valence-corrected chi connectivity index (χ4v) is 2.21. The average molecular weight is 300 g/mol. The van der Waals surface area contributed by atoms with Crippen molar-refractivity contribution in [1.82, 2.24) is 0 Å². The van der Waals surface area contributed by atoms with Gasteiger partial charge in [0.1, 0.15) is 4.90 Å². The zero-order chi connectivity index (χ0) is 13.1. The summed E-state index contributed by atoms with van der Waals surface area (Å²) in [6.45, 7) is 0.163. The van der Waals surface area contributed by atoms with Crippen molar-refractivity contribution in [2.24, 2.45) is 0 Å². The minimum Gasteiger partial charge on any atom is -0.390 e. The van der Waals surface area contributed by atoms with E-state index in [0.717, 1.165) is 0 Å². The highest BCUT2D eigenvalue weighted by Crippen LogP contribution is 2.24. The Morgan fingerprint density at radius 1 is 1.41 bits per heavy atom. The Hall–Kier alpha value is -0.530. The topological polar surface area (TPSA) is 86.6 Å². The summed E-state index contributed by atoms with van der Waals surface area (Å²) in [5.74, 6) is 0.0613. The monoisotopic (exact) mass is 299 g/mol. The molecule has 0 amide bonds. The van der Waals surface area contributed by atoms with Crippen LogP contribution in [0.3, 0.4) is 0 Å². The van der Waals surface area contributed by atoms with Crippen LogP contribution < -0.4 is 5.32 Å². The molecule has 1 aromatic rings. The van der Waals surface area contributed by atoms with Crippen molar-refractivity contribution in [1.29, 1.82) is 0 Å². The predicted octanol–water partition coefficient (Wildman–Crippen LogP) is 1.60. The summed E-state index contributed by atoms with van der Waals surface area (Å²) in [6.07, 6.45) is -0.749. The van der Waals surface area contributed by atoms with Gasteiger partial charge in [-0.15, -0.1) is 11.6 Å². The second-order valence-electron chi connectivity index (χ2n) is 3.31. The van der Waals surface area contributed by atoms with E-state index >= 15 is 0 Å². The number of aliphatic hydroxyl groups is 1. The van der Waals surface area contributed by atoms with Gasteiger partial charge in [0.15, 0.2) is 0 Å². The Labute approximate surface area is 109 Å². The molecule has 0 aliphatic rings. The van der Waals surface area contributed by atoms with E-state index < -0.39 is 16.2 Å². The third-order valence-electron chi connectivity index (χ3n) is 1.93. The van der Waals surface area contributed by atoms with Gasteiger partial charge in [-0.2, -0.15) is 8.42 Å². The average Bonchev–Trinajstić information content (AvgIpc) is 2.26. The molecule has 0 aliphatic carbocycles. The molecular weight excluding hydrogens is 289 g/mol. The van der Waals surface area contributed by atoms with E-state index in [4.69, 9.17) is 27.8 Å². The summed E-state index contributed by atoms with van der Waals surface area (Å²) in [6, 6.07) is 4.04. The summed E-state index contributed by atoms with van der Waals surface area (Å²) in [4.78, 5) is -0.385. The highest BCUT2D eigenvalue weighted by molar-refractivity contribution is 7.86. The number of benzene rings is 1. The number of nitrogens with one attached hydrogen (secondary N) is 1. The van der Waals surface area contributed by atoms with Gasteiger partial charge < -0.3 is 10.4 Å². The van der Waals surface area contributed by atoms with Gasteiger partial charge in [0.25, 0.3) is 10.1 Å². The van der Waals surface area contributed by atoms with Crippen LogP contribution in [-0.4, -0.2) is 36.6 Å². The largest absolute Gasteiger partial charge is 0.390 e. The molecule has 0 heterocycles. The van der Waals surface area contributed by atoms with E-state index in [1.807, 2.05) is 0 Å². The lowest BCUT2D eigenvalue weighted by atomic mass is 10.3. The van der Waals surface area contributed by atoms with Crippen molar-refractivity contribution in [2.75, 3.05) is 17.7 Å². The molecule has 0 bridgehead atoms. The van der Waals surface area contributed by atoms with E-state index in [1.165, 1.54) is 18.2 Å². The molecule has 0 saturated heterocycles. The molecule has 1 aromatic carbocycles. The van der Waals surface area contributed by atoms with Gasteiger partial charge in [-0.25, -0.2) is 0 Å². The number of anilines is 1. The lowest BCUT2D eigenvalue weighted by molar-refractivity contribution is 0.211. The lowest BCUT2D eigenvalue weighted by Crippen LogP contribution is -2.20. The molecule has 0 fully saturated rings. The summed E-state index contributed by atoms with van der Waals surface area (Å²) >= 11 is 11.0. The molecule has 96 valence electrons. The van der Waals surface area contributed by atoms with E-state index in [1.54, 1.807) is 0 Å². The van der Waals surface area contributed by atoms with Gasteiger partial charge in [-0.1, -0.05) is 11.6 Å². The minimum atomic E-state index is -4.36. The fourth-order valence-electron chi connectivity index (χ4n) is 1.10. The molecule has 1 atom stereocenters. The van der Waals surface area contributed by atoms with Gasteiger partial charge in [0.2, 0.25) is 0 Å². The Morgan fingerprint density at radius 3 is 2.59 bits per heavy atom. The number of alkyl halides is 1. The fraction of sp³-hybridized carbons (Fsp3) is 0.333. The Balaban J connectivity index is 2.90. The second kappa shape index (κ2) is 5.88. The van der Waals surface area contributed by atoms with Crippen LogP contribution in [0.4, 0.5) is 5.69 Å². The number of halogens is 2. The minimum absolute atomic E-state index is 0.0613. The first-order chi connectivity index (χ1) is 7.84. The van der Waals surface area contributed by atoms with Crippen LogP contribution in [0, 0.1) is 0 Å². The number of rotatable bonds is 5. The highest BCUT2D eigenvalue weighted by atomic mass is 35.5. The molecule has 0 aromatic heterocycles. The van der Waals surface area contributed by atoms with Gasteiger partial charge >= 0.3 is 0 Å². The van der Waals surface area contributed by atoms with Gasteiger partial charge in [-0.3, -0.25) is 4.55 Å². The zero-order valence-electron chi connectivity index (χ0n) is 8.60. The molecule has 0 saturated carbocycles. The normalized spacial score (nSPS) is 13.4. The maximum absolute atomic E-state index is 11.0. The quantitative estimate of drug-likeness (QED) is 0.568. The van der Waals surface area contributed by atoms with Crippen LogP contribution in [0.1, 0.15) is 0 Å². The Morgan fingerprint density at radius 2 is 2.06 bits per heavy atom. The third-order valence-corrected chi connectivity index (χ3v) is 3.62. The maximum atomic E-state index is 11.0. The van der Waals surface area contributed by atoms with Crippen LogP contribution in [0.25, 0.3) is 0 Å². The van der Waals surface area contributed by atoms with Crippen molar-refractivity contribution >= 4 is 39.0 Å². The van der Waals surface area contributed by atoms with Crippen LogP contribution in [0.2, 0.25) is 5.02 Å². The Bertz CT molecular complexity index is 492. The van der Waals surface area contributed by atoms with E-state index in [-0.39, 0.29) is 22.3 Å². The van der Waals surface area contributed by atoms with Gasteiger partial charge in [0, 0.05) is 12.2 Å². The molecule has 1 unspecified atom stereocenters. The summed E-state index contributed by atoms with van der Waals surface area (Å²) in [5, 5.41) is 11.9.